The van der Waals surface area contributed by atoms with E-state index in [9.17, 15) is 0 Å². The van der Waals surface area contributed by atoms with Gasteiger partial charge in [-0.1, -0.05) is 30.7 Å². The van der Waals surface area contributed by atoms with Gasteiger partial charge >= 0.3 is 0 Å². The summed E-state index contributed by atoms with van der Waals surface area (Å²) < 4.78 is 0. The Labute approximate surface area is 86.3 Å². The van der Waals surface area contributed by atoms with Crippen molar-refractivity contribution in [2.75, 3.05) is 0 Å². The third-order valence-electron chi connectivity index (χ3n) is 3.47. The zero-order valence-electron chi connectivity index (χ0n) is 8.87. The maximum atomic E-state index is 6.18. The van der Waals surface area contributed by atoms with Crippen molar-refractivity contribution in [1.82, 2.24) is 0 Å². The predicted molar refractivity (Wildman–Crippen MR) is 60.2 cm³/mol. The Balaban J connectivity index is 1.99. The Kier molecular flexibility index (Phi) is 2.87. The Morgan fingerprint density at radius 3 is 2.64 bits per heavy atom. The van der Waals surface area contributed by atoms with Gasteiger partial charge in [-0.15, -0.1) is 0 Å². The molecule has 14 heavy (non-hydrogen) atoms. The molecule has 1 saturated carbocycles. The lowest BCUT2D eigenvalue weighted by Crippen LogP contribution is -2.36. The minimum absolute atomic E-state index is 0.379. The van der Waals surface area contributed by atoms with Crippen molar-refractivity contribution in [3.63, 3.8) is 0 Å². The fraction of sp³-hybridized carbons (Fsp3) is 0.538. The van der Waals surface area contributed by atoms with Gasteiger partial charge in [-0.25, -0.2) is 0 Å². The van der Waals surface area contributed by atoms with Gasteiger partial charge in [0.1, 0.15) is 0 Å². The smallest absolute Gasteiger partial charge is 0.0108 e. The van der Waals surface area contributed by atoms with Crippen LogP contribution in [-0.4, -0.2) is 6.04 Å². The average Bonchev–Trinajstić information content (AvgIpc) is 2.05. The molecule has 0 aliphatic heterocycles. The molecular formula is C13H19N. The van der Waals surface area contributed by atoms with Crippen molar-refractivity contribution in [1.29, 1.82) is 0 Å². The average molecular weight is 189 g/mol. The number of rotatable bonds is 3. The van der Waals surface area contributed by atoms with Crippen molar-refractivity contribution in [3.05, 3.63) is 35.4 Å². The van der Waals surface area contributed by atoms with Crippen molar-refractivity contribution >= 4 is 0 Å². The summed E-state index contributed by atoms with van der Waals surface area (Å²) in [6.45, 7) is 2.17. The van der Waals surface area contributed by atoms with Gasteiger partial charge in [0.25, 0.3) is 0 Å². The first-order valence-electron chi connectivity index (χ1n) is 5.57. The van der Waals surface area contributed by atoms with Crippen LogP contribution in [0.5, 0.6) is 0 Å². The van der Waals surface area contributed by atoms with Crippen LogP contribution in [0.1, 0.15) is 30.4 Å². The maximum absolute atomic E-state index is 6.18. The van der Waals surface area contributed by atoms with Gasteiger partial charge in [0, 0.05) is 6.04 Å². The highest BCUT2D eigenvalue weighted by atomic mass is 14.7. The van der Waals surface area contributed by atoms with E-state index >= 15 is 0 Å². The Hall–Kier alpha value is -0.820. The molecule has 0 aromatic heterocycles. The lowest BCUT2D eigenvalue weighted by molar-refractivity contribution is 0.260. The van der Waals surface area contributed by atoms with Gasteiger partial charge in [0.05, 0.1) is 0 Å². The monoisotopic (exact) mass is 189 g/mol. The molecule has 1 unspecified atom stereocenters. The van der Waals surface area contributed by atoms with Crippen LogP contribution in [0.15, 0.2) is 24.3 Å². The number of nitrogens with two attached hydrogens (primary N) is 1. The Morgan fingerprint density at radius 2 is 2.07 bits per heavy atom. The molecule has 2 rings (SSSR count). The molecule has 1 aliphatic carbocycles. The molecular weight excluding hydrogens is 170 g/mol. The lowest BCUT2D eigenvalue weighted by Gasteiger charge is -2.31. The lowest BCUT2D eigenvalue weighted by atomic mass is 9.78. The van der Waals surface area contributed by atoms with Gasteiger partial charge in [0.2, 0.25) is 0 Å². The SMILES string of the molecule is Cc1ccccc1CC(N)C1CCC1. The minimum atomic E-state index is 0.379. The molecule has 0 saturated heterocycles. The molecule has 0 spiro atoms. The van der Waals surface area contributed by atoms with Gasteiger partial charge in [-0.2, -0.15) is 0 Å². The van der Waals surface area contributed by atoms with Crippen molar-refractivity contribution < 1.29 is 0 Å². The van der Waals surface area contributed by atoms with Crippen molar-refractivity contribution in [2.24, 2.45) is 11.7 Å². The van der Waals surface area contributed by atoms with Crippen LogP contribution >= 0.6 is 0 Å². The summed E-state index contributed by atoms with van der Waals surface area (Å²) in [4.78, 5) is 0. The molecule has 76 valence electrons. The first kappa shape index (κ1) is 9.72. The number of hydrogen-bond donors (Lipinski definition) is 1. The van der Waals surface area contributed by atoms with E-state index in [0.717, 1.165) is 12.3 Å². The van der Waals surface area contributed by atoms with Gasteiger partial charge in [-0.05, 0) is 43.2 Å². The molecule has 2 N–H and O–H groups in total. The number of aryl methyl sites for hydroxylation is 1. The molecule has 1 atom stereocenters. The second kappa shape index (κ2) is 4.14. The van der Waals surface area contributed by atoms with Crippen LogP contribution < -0.4 is 5.73 Å². The van der Waals surface area contributed by atoms with Gasteiger partial charge in [0.15, 0.2) is 0 Å². The maximum Gasteiger partial charge on any atom is 0.0108 e. The predicted octanol–water partition coefficient (Wildman–Crippen LogP) is 2.66. The first-order chi connectivity index (χ1) is 6.77. The summed E-state index contributed by atoms with van der Waals surface area (Å²) in [5.74, 6) is 0.787. The zero-order valence-corrected chi connectivity index (χ0v) is 8.87. The van der Waals surface area contributed by atoms with Crippen LogP contribution in [0.2, 0.25) is 0 Å². The van der Waals surface area contributed by atoms with E-state index in [-0.39, 0.29) is 0 Å². The van der Waals surface area contributed by atoms with Crippen LogP contribution in [0, 0.1) is 12.8 Å². The van der Waals surface area contributed by atoms with E-state index in [2.05, 4.69) is 31.2 Å². The molecule has 0 amide bonds. The molecule has 1 nitrogen and oxygen atoms in total. The third-order valence-corrected chi connectivity index (χ3v) is 3.47. The van der Waals surface area contributed by atoms with Crippen molar-refractivity contribution in [2.45, 2.75) is 38.6 Å². The Bertz CT molecular complexity index is 302. The fourth-order valence-corrected chi connectivity index (χ4v) is 2.13. The summed E-state index contributed by atoms with van der Waals surface area (Å²) in [6.07, 6.45) is 5.11. The van der Waals surface area contributed by atoms with E-state index < -0.39 is 0 Å². The highest BCUT2D eigenvalue weighted by Crippen LogP contribution is 2.30. The van der Waals surface area contributed by atoms with Crippen LogP contribution in [0.4, 0.5) is 0 Å². The quantitative estimate of drug-likeness (QED) is 0.777. The summed E-state index contributed by atoms with van der Waals surface area (Å²) in [5, 5.41) is 0. The van der Waals surface area contributed by atoms with Crippen LogP contribution in [0.25, 0.3) is 0 Å². The summed E-state index contributed by atoms with van der Waals surface area (Å²) >= 11 is 0. The van der Waals surface area contributed by atoms with Crippen molar-refractivity contribution in [3.8, 4) is 0 Å². The zero-order chi connectivity index (χ0) is 9.97. The van der Waals surface area contributed by atoms with Gasteiger partial charge < -0.3 is 5.73 Å². The van der Waals surface area contributed by atoms with Gasteiger partial charge in [-0.3, -0.25) is 0 Å². The number of hydrogen-bond acceptors (Lipinski definition) is 1. The topological polar surface area (TPSA) is 26.0 Å². The number of benzene rings is 1. The molecule has 1 fully saturated rings. The normalized spacial score (nSPS) is 19.0. The highest BCUT2D eigenvalue weighted by Gasteiger charge is 2.24. The van der Waals surface area contributed by atoms with Crippen LogP contribution in [0.3, 0.4) is 0 Å². The van der Waals surface area contributed by atoms with E-state index in [4.69, 9.17) is 5.73 Å². The molecule has 1 aromatic rings. The fourth-order valence-electron chi connectivity index (χ4n) is 2.13. The summed E-state index contributed by atoms with van der Waals surface area (Å²) in [5.41, 5.74) is 8.98. The summed E-state index contributed by atoms with van der Waals surface area (Å²) in [6, 6.07) is 8.95. The molecule has 1 aromatic carbocycles. The minimum Gasteiger partial charge on any atom is -0.327 e. The second-order valence-electron chi connectivity index (χ2n) is 4.49. The van der Waals surface area contributed by atoms with Crippen LogP contribution in [-0.2, 0) is 6.42 Å². The second-order valence-corrected chi connectivity index (χ2v) is 4.49. The van der Waals surface area contributed by atoms with E-state index in [1.165, 1.54) is 30.4 Å². The third kappa shape index (κ3) is 1.98. The van der Waals surface area contributed by atoms with E-state index in [1.807, 2.05) is 0 Å². The largest absolute Gasteiger partial charge is 0.327 e. The van der Waals surface area contributed by atoms with E-state index in [0.29, 0.717) is 6.04 Å². The summed E-state index contributed by atoms with van der Waals surface area (Å²) in [7, 11) is 0. The first-order valence-corrected chi connectivity index (χ1v) is 5.57. The van der Waals surface area contributed by atoms with E-state index in [1.54, 1.807) is 0 Å². The highest BCUT2D eigenvalue weighted by molar-refractivity contribution is 5.26. The Morgan fingerprint density at radius 1 is 1.36 bits per heavy atom. The molecule has 0 bridgehead atoms. The molecule has 1 heteroatoms. The molecule has 0 heterocycles. The standard InChI is InChI=1S/C13H19N/c1-10-5-2-3-6-12(10)9-13(14)11-7-4-8-11/h2-3,5-6,11,13H,4,7-9,14H2,1H3. The molecule has 0 radical (unpaired) electrons. The molecule has 1 aliphatic rings.